The van der Waals surface area contributed by atoms with Crippen molar-refractivity contribution in [2.75, 3.05) is 18.0 Å². The van der Waals surface area contributed by atoms with Gasteiger partial charge in [-0.2, -0.15) is 0 Å². The maximum atomic E-state index is 13.1. The average molecular weight is 376 g/mol. The van der Waals surface area contributed by atoms with Gasteiger partial charge in [0.25, 0.3) is 10.0 Å². The molecule has 1 amide bonds. The lowest BCUT2D eigenvalue weighted by atomic mass is 10.2. The number of nitrogens with one attached hydrogen (secondary N) is 1. The summed E-state index contributed by atoms with van der Waals surface area (Å²) in [6.45, 7) is 3.51. The largest absolute Gasteiger partial charge is 0.497 e. The SMILES string of the molecule is CC[C@H](C)NC(=O)CN(c1cccc(OC)c1)S(=O)(=O)c1ccccc1. The maximum Gasteiger partial charge on any atom is 0.264 e. The van der Waals surface area contributed by atoms with E-state index in [2.05, 4.69) is 5.32 Å². The van der Waals surface area contributed by atoms with Crippen molar-refractivity contribution in [2.24, 2.45) is 0 Å². The number of carbonyl (C=O) groups excluding carboxylic acids is 1. The quantitative estimate of drug-likeness (QED) is 0.769. The number of methoxy groups -OCH3 is 1. The molecule has 7 heteroatoms. The first-order chi connectivity index (χ1) is 12.4. The molecule has 0 bridgehead atoms. The van der Waals surface area contributed by atoms with Gasteiger partial charge in [-0.15, -0.1) is 0 Å². The summed E-state index contributed by atoms with van der Waals surface area (Å²) in [4.78, 5) is 12.5. The number of rotatable bonds is 8. The third kappa shape index (κ3) is 4.76. The van der Waals surface area contributed by atoms with Gasteiger partial charge in [0.2, 0.25) is 5.91 Å². The van der Waals surface area contributed by atoms with Crippen LogP contribution in [0.25, 0.3) is 0 Å². The molecule has 2 aromatic rings. The zero-order valence-electron chi connectivity index (χ0n) is 15.2. The molecule has 140 valence electrons. The van der Waals surface area contributed by atoms with Crippen molar-refractivity contribution in [3.05, 3.63) is 54.6 Å². The van der Waals surface area contributed by atoms with E-state index in [1.54, 1.807) is 42.5 Å². The minimum absolute atomic E-state index is 0.0333. The molecule has 2 rings (SSSR count). The molecule has 0 aliphatic carbocycles. The van der Waals surface area contributed by atoms with Crippen LogP contribution < -0.4 is 14.4 Å². The van der Waals surface area contributed by atoms with E-state index < -0.39 is 10.0 Å². The third-order valence-electron chi connectivity index (χ3n) is 3.98. The monoisotopic (exact) mass is 376 g/mol. The molecule has 0 spiro atoms. The van der Waals surface area contributed by atoms with Crippen LogP contribution in [0.2, 0.25) is 0 Å². The molecule has 0 aliphatic heterocycles. The third-order valence-corrected chi connectivity index (χ3v) is 5.77. The molecule has 6 nitrogen and oxygen atoms in total. The lowest BCUT2D eigenvalue weighted by molar-refractivity contribution is -0.120. The number of anilines is 1. The van der Waals surface area contributed by atoms with E-state index in [1.165, 1.54) is 19.2 Å². The second kappa shape index (κ2) is 8.71. The predicted octanol–water partition coefficient (Wildman–Crippen LogP) is 2.81. The Morgan fingerprint density at radius 1 is 1.15 bits per heavy atom. The van der Waals surface area contributed by atoms with E-state index in [4.69, 9.17) is 4.74 Å². The number of nitrogens with zero attached hydrogens (tertiary/aromatic N) is 1. The van der Waals surface area contributed by atoms with Gasteiger partial charge in [0.15, 0.2) is 0 Å². The Kier molecular flexibility index (Phi) is 6.63. The number of carbonyl (C=O) groups is 1. The highest BCUT2D eigenvalue weighted by Crippen LogP contribution is 2.26. The molecule has 0 unspecified atom stereocenters. The fourth-order valence-corrected chi connectivity index (χ4v) is 3.79. The second-order valence-electron chi connectivity index (χ2n) is 5.90. The lowest BCUT2D eigenvalue weighted by Gasteiger charge is -2.25. The van der Waals surface area contributed by atoms with Gasteiger partial charge in [0.1, 0.15) is 12.3 Å². The number of hydrogen-bond donors (Lipinski definition) is 1. The van der Waals surface area contributed by atoms with Crippen molar-refractivity contribution in [1.29, 1.82) is 0 Å². The second-order valence-corrected chi connectivity index (χ2v) is 7.77. The molecule has 0 aliphatic rings. The van der Waals surface area contributed by atoms with Gasteiger partial charge >= 0.3 is 0 Å². The van der Waals surface area contributed by atoms with Gasteiger partial charge in [0.05, 0.1) is 17.7 Å². The van der Waals surface area contributed by atoms with Crippen LogP contribution in [-0.2, 0) is 14.8 Å². The van der Waals surface area contributed by atoms with E-state index in [1.807, 2.05) is 13.8 Å². The summed E-state index contributed by atoms with van der Waals surface area (Å²) in [6.07, 6.45) is 0.760. The van der Waals surface area contributed by atoms with Gasteiger partial charge < -0.3 is 10.1 Å². The van der Waals surface area contributed by atoms with E-state index in [0.717, 1.165) is 10.7 Å². The van der Waals surface area contributed by atoms with Crippen molar-refractivity contribution in [3.8, 4) is 5.75 Å². The van der Waals surface area contributed by atoms with Crippen LogP contribution in [0, 0.1) is 0 Å². The number of hydrogen-bond acceptors (Lipinski definition) is 4. The van der Waals surface area contributed by atoms with Crippen LogP contribution in [0.5, 0.6) is 5.75 Å². The lowest BCUT2D eigenvalue weighted by Crippen LogP contribution is -2.43. The number of amides is 1. The van der Waals surface area contributed by atoms with Crippen molar-refractivity contribution < 1.29 is 17.9 Å². The Morgan fingerprint density at radius 2 is 1.85 bits per heavy atom. The molecule has 1 N–H and O–H groups in total. The topological polar surface area (TPSA) is 75.7 Å². The molecule has 0 fully saturated rings. The van der Waals surface area contributed by atoms with Crippen molar-refractivity contribution >= 4 is 21.6 Å². The predicted molar refractivity (Wildman–Crippen MR) is 102 cm³/mol. The summed E-state index contributed by atoms with van der Waals surface area (Å²) in [7, 11) is -2.39. The van der Waals surface area contributed by atoms with Crippen LogP contribution in [-0.4, -0.2) is 34.0 Å². The average Bonchev–Trinajstić information content (AvgIpc) is 2.66. The summed E-state index contributed by atoms with van der Waals surface area (Å²) < 4.78 is 32.5. The van der Waals surface area contributed by atoms with Crippen LogP contribution >= 0.6 is 0 Å². The summed E-state index contributed by atoms with van der Waals surface area (Å²) >= 11 is 0. The van der Waals surface area contributed by atoms with Gasteiger partial charge in [-0.25, -0.2) is 8.42 Å². The molecule has 0 saturated carbocycles. The van der Waals surface area contributed by atoms with Crippen molar-refractivity contribution in [1.82, 2.24) is 5.32 Å². The first kappa shape index (κ1) is 19.8. The number of benzene rings is 2. The first-order valence-electron chi connectivity index (χ1n) is 8.39. The smallest absolute Gasteiger partial charge is 0.264 e. The summed E-state index contributed by atoms with van der Waals surface area (Å²) in [6, 6.07) is 14.7. The zero-order chi connectivity index (χ0) is 19.2. The fourth-order valence-electron chi connectivity index (χ4n) is 2.35. The molecule has 0 aromatic heterocycles. The summed E-state index contributed by atoms with van der Waals surface area (Å²) in [5, 5.41) is 2.81. The van der Waals surface area contributed by atoms with Crippen LogP contribution in [0.3, 0.4) is 0 Å². The summed E-state index contributed by atoms with van der Waals surface area (Å²) in [5.74, 6) is 0.153. The normalized spacial score (nSPS) is 12.3. The van der Waals surface area contributed by atoms with Crippen LogP contribution in [0.4, 0.5) is 5.69 Å². The number of ether oxygens (including phenoxy) is 1. The Hall–Kier alpha value is -2.54. The zero-order valence-corrected chi connectivity index (χ0v) is 16.0. The van der Waals surface area contributed by atoms with Gasteiger partial charge in [0, 0.05) is 12.1 Å². The molecular formula is C19H24N2O4S. The van der Waals surface area contributed by atoms with Gasteiger partial charge in [-0.3, -0.25) is 9.10 Å². The van der Waals surface area contributed by atoms with Crippen LogP contribution in [0.15, 0.2) is 59.5 Å². The van der Waals surface area contributed by atoms with E-state index >= 15 is 0 Å². The Morgan fingerprint density at radius 3 is 2.46 bits per heavy atom. The molecule has 0 heterocycles. The van der Waals surface area contributed by atoms with Gasteiger partial charge in [-0.05, 0) is 37.6 Å². The summed E-state index contributed by atoms with van der Waals surface area (Å²) in [5.41, 5.74) is 0.368. The molecule has 26 heavy (non-hydrogen) atoms. The molecular weight excluding hydrogens is 352 g/mol. The maximum absolute atomic E-state index is 13.1. The molecule has 2 aromatic carbocycles. The molecule has 0 radical (unpaired) electrons. The Bertz CT molecular complexity index is 838. The molecule has 1 atom stereocenters. The van der Waals surface area contributed by atoms with Gasteiger partial charge in [-0.1, -0.05) is 31.2 Å². The van der Waals surface area contributed by atoms with Crippen molar-refractivity contribution in [3.63, 3.8) is 0 Å². The highest BCUT2D eigenvalue weighted by molar-refractivity contribution is 7.92. The minimum atomic E-state index is -3.90. The minimum Gasteiger partial charge on any atom is -0.497 e. The Labute approximate surface area is 154 Å². The molecule has 0 saturated heterocycles. The van der Waals surface area contributed by atoms with E-state index in [-0.39, 0.29) is 23.4 Å². The first-order valence-corrected chi connectivity index (χ1v) is 9.83. The highest BCUT2D eigenvalue weighted by Gasteiger charge is 2.27. The fraction of sp³-hybridized carbons (Fsp3) is 0.316. The highest BCUT2D eigenvalue weighted by atomic mass is 32.2. The standard InChI is InChI=1S/C19H24N2O4S/c1-4-15(2)20-19(22)14-21(16-9-8-10-17(13-16)25-3)26(23,24)18-11-6-5-7-12-18/h5-13,15H,4,14H2,1-3H3,(H,20,22)/t15-/m0/s1. The van der Waals surface area contributed by atoms with E-state index in [9.17, 15) is 13.2 Å². The van der Waals surface area contributed by atoms with Crippen LogP contribution in [0.1, 0.15) is 20.3 Å². The van der Waals surface area contributed by atoms with Crippen molar-refractivity contribution in [2.45, 2.75) is 31.2 Å². The number of sulfonamides is 1. The van der Waals surface area contributed by atoms with E-state index in [0.29, 0.717) is 11.4 Å². The Balaban J connectivity index is 2.43.